The lowest BCUT2D eigenvalue weighted by molar-refractivity contribution is -0.0352. The molecule has 2 fully saturated rings. The monoisotopic (exact) mass is 495 g/mol. The summed E-state index contributed by atoms with van der Waals surface area (Å²) in [4.78, 5) is 9.38. The van der Waals surface area contributed by atoms with Crippen molar-refractivity contribution in [1.82, 2.24) is 20.4 Å². The molecule has 6 nitrogen and oxygen atoms in total. The van der Waals surface area contributed by atoms with Crippen molar-refractivity contribution in [3.8, 4) is 0 Å². The van der Waals surface area contributed by atoms with Gasteiger partial charge in [0.15, 0.2) is 5.96 Å². The van der Waals surface area contributed by atoms with Gasteiger partial charge in [-0.1, -0.05) is 33.1 Å². The van der Waals surface area contributed by atoms with Gasteiger partial charge >= 0.3 is 0 Å². The SMILES string of the molecule is CN=C(NCC(C)(C)CN(C)C)NCC1(N2CCOCC2)CCCCC1.I. The summed E-state index contributed by atoms with van der Waals surface area (Å²) in [7, 11) is 6.13. The number of aliphatic imine (C=N–C) groups is 1. The molecule has 0 atom stereocenters. The molecule has 0 spiro atoms. The van der Waals surface area contributed by atoms with E-state index in [1.54, 1.807) is 0 Å². The molecule has 0 aromatic rings. The number of nitrogens with one attached hydrogen (secondary N) is 2. The number of guanidine groups is 1. The highest BCUT2D eigenvalue weighted by Crippen LogP contribution is 2.33. The molecule has 0 aromatic heterocycles. The maximum absolute atomic E-state index is 5.59. The van der Waals surface area contributed by atoms with Gasteiger partial charge in [0.25, 0.3) is 0 Å². The van der Waals surface area contributed by atoms with Crippen molar-refractivity contribution < 1.29 is 4.74 Å². The first-order chi connectivity index (χ1) is 12.4. The third-order valence-corrected chi connectivity index (χ3v) is 5.75. The van der Waals surface area contributed by atoms with E-state index in [4.69, 9.17) is 4.74 Å². The van der Waals surface area contributed by atoms with Crippen molar-refractivity contribution in [3.63, 3.8) is 0 Å². The molecule has 0 aromatic carbocycles. The lowest BCUT2D eigenvalue weighted by atomic mass is 9.80. The fraction of sp³-hybridized carbons (Fsp3) is 0.950. The predicted octanol–water partition coefficient (Wildman–Crippen LogP) is 2.39. The average Bonchev–Trinajstić information content (AvgIpc) is 2.62. The van der Waals surface area contributed by atoms with Crippen molar-refractivity contribution in [1.29, 1.82) is 0 Å². The molecular weight excluding hydrogens is 453 g/mol. The smallest absolute Gasteiger partial charge is 0.191 e. The van der Waals surface area contributed by atoms with Crippen LogP contribution in [0.5, 0.6) is 0 Å². The van der Waals surface area contributed by atoms with Crippen LogP contribution in [0.2, 0.25) is 0 Å². The summed E-state index contributed by atoms with van der Waals surface area (Å²) in [6, 6.07) is 0. The normalized spacial score (nSPS) is 21.6. The summed E-state index contributed by atoms with van der Waals surface area (Å²) in [5.74, 6) is 0.926. The van der Waals surface area contributed by atoms with Gasteiger partial charge in [0, 0.05) is 45.3 Å². The zero-order chi connectivity index (χ0) is 19.0. The van der Waals surface area contributed by atoms with E-state index in [0.29, 0.717) is 0 Å². The van der Waals surface area contributed by atoms with Crippen LogP contribution in [-0.4, -0.2) is 88.4 Å². The quantitative estimate of drug-likeness (QED) is 0.323. The van der Waals surface area contributed by atoms with E-state index >= 15 is 0 Å². The first-order valence-electron chi connectivity index (χ1n) is 10.3. The molecule has 2 aliphatic rings. The highest BCUT2D eigenvalue weighted by atomic mass is 127. The lowest BCUT2D eigenvalue weighted by Crippen LogP contribution is -2.60. The fourth-order valence-electron chi connectivity index (χ4n) is 4.56. The standard InChI is InChI=1S/C20H41N5O.HI/c1-19(2,17-24(4)5)15-22-18(21-3)23-16-20(9-7-6-8-10-20)25-11-13-26-14-12-25;/h6-17H2,1-5H3,(H2,21,22,23);1H. The summed E-state index contributed by atoms with van der Waals surface area (Å²) in [6.45, 7) is 11.4. The summed E-state index contributed by atoms with van der Waals surface area (Å²) in [5, 5.41) is 7.19. The topological polar surface area (TPSA) is 52.1 Å². The summed E-state index contributed by atoms with van der Waals surface area (Å²) in [5.41, 5.74) is 0.465. The highest BCUT2D eigenvalue weighted by Gasteiger charge is 2.38. The molecule has 2 N–H and O–H groups in total. The molecular formula is C20H42IN5O. The Morgan fingerprint density at radius 3 is 2.30 bits per heavy atom. The fourth-order valence-corrected chi connectivity index (χ4v) is 4.56. The van der Waals surface area contributed by atoms with Gasteiger partial charge in [0.1, 0.15) is 0 Å². The van der Waals surface area contributed by atoms with Gasteiger partial charge < -0.3 is 20.3 Å². The van der Waals surface area contributed by atoms with Gasteiger partial charge in [-0.15, -0.1) is 24.0 Å². The first-order valence-corrected chi connectivity index (χ1v) is 10.3. The van der Waals surface area contributed by atoms with Crippen molar-refractivity contribution in [2.75, 3.05) is 67.1 Å². The Balaban J connectivity index is 0.00000364. The molecule has 1 saturated heterocycles. The second-order valence-corrected chi connectivity index (χ2v) is 9.07. The minimum absolute atomic E-state index is 0. The van der Waals surface area contributed by atoms with Gasteiger partial charge in [-0.05, 0) is 32.4 Å². The summed E-state index contributed by atoms with van der Waals surface area (Å²) in [6.07, 6.45) is 6.60. The van der Waals surface area contributed by atoms with E-state index in [-0.39, 0.29) is 34.9 Å². The Labute approximate surface area is 183 Å². The van der Waals surface area contributed by atoms with Gasteiger partial charge in [-0.2, -0.15) is 0 Å². The maximum Gasteiger partial charge on any atom is 0.191 e. The molecule has 0 unspecified atom stereocenters. The highest BCUT2D eigenvalue weighted by molar-refractivity contribution is 14.0. The van der Waals surface area contributed by atoms with Crippen LogP contribution in [0.15, 0.2) is 4.99 Å². The van der Waals surface area contributed by atoms with Crippen LogP contribution >= 0.6 is 24.0 Å². The number of halogens is 1. The Kier molecular flexibility index (Phi) is 10.9. The third kappa shape index (κ3) is 8.03. The zero-order valence-electron chi connectivity index (χ0n) is 18.1. The second kappa shape index (κ2) is 11.8. The van der Waals surface area contributed by atoms with E-state index in [1.165, 1.54) is 32.1 Å². The number of ether oxygens (including phenoxy) is 1. The van der Waals surface area contributed by atoms with Crippen LogP contribution in [-0.2, 0) is 4.74 Å². The van der Waals surface area contributed by atoms with E-state index in [9.17, 15) is 0 Å². The molecule has 160 valence electrons. The number of morpholine rings is 1. The zero-order valence-corrected chi connectivity index (χ0v) is 20.5. The molecule has 2 rings (SSSR count). The Morgan fingerprint density at radius 2 is 1.74 bits per heavy atom. The van der Waals surface area contributed by atoms with Crippen molar-refractivity contribution in [2.45, 2.75) is 51.5 Å². The van der Waals surface area contributed by atoms with Crippen molar-refractivity contribution in [2.24, 2.45) is 10.4 Å². The maximum atomic E-state index is 5.59. The van der Waals surface area contributed by atoms with Crippen LogP contribution in [0.1, 0.15) is 46.0 Å². The van der Waals surface area contributed by atoms with E-state index < -0.39 is 0 Å². The lowest BCUT2D eigenvalue weighted by Gasteiger charge is -2.48. The third-order valence-electron chi connectivity index (χ3n) is 5.75. The number of hydrogen-bond acceptors (Lipinski definition) is 4. The van der Waals surface area contributed by atoms with Crippen LogP contribution in [0.4, 0.5) is 0 Å². The molecule has 1 aliphatic carbocycles. The summed E-state index contributed by atoms with van der Waals surface area (Å²) < 4.78 is 5.59. The minimum Gasteiger partial charge on any atom is -0.379 e. The molecule has 1 saturated carbocycles. The van der Waals surface area contributed by atoms with Gasteiger partial charge in [0.05, 0.1) is 13.2 Å². The number of nitrogens with zero attached hydrogens (tertiary/aromatic N) is 3. The molecule has 7 heteroatoms. The molecule has 0 bridgehead atoms. The molecule has 27 heavy (non-hydrogen) atoms. The second-order valence-electron chi connectivity index (χ2n) is 9.07. The largest absolute Gasteiger partial charge is 0.379 e. The molecule has 0 amide bonds. The van der Waals surface area contributed by atoms with Crippen molar-refractivity contribution in [3.05, 3.63) is 0 Å². The molecule has 1 heterocycles. The number of rotatable bonds is 7. The number of hydrogen-bond donors (Lipinski definition) is 2. The Morgan fingerprint density at radius 1 is 1.11 bits per heavy atom. The first kappa shape index (κ1) is 24.9. The Bertz CT molecular complexity index is 444. The van der Waals surface area contributed by atoms with Crippen LogP contribution in [0, 0.1) is 5.41 Å². The van der Waals surface area contributed by atoms with E-state index in [1.807, 2.05) is 7.05 Å². The minimum atomic E-state index is 0. The van der Waals surface area contributed by atoms with Gasteiger partial charge in [-0.3, -0.25) is 9.89 Å². The van der Waals surface area contributed by atoms with E-state index in [2.05, 4.69) is 53.4 Å². The van der Waals surface area contributed by atoms with Gasteiger partial charge in [-0.25, -0.2) is 0 Å². The predicted molar refractivity (Wildman–Crippen MR) is 125 cm³/mol. The van der Waals surface area contributed by atoms with Crippen LogP contribution in [0.25, 0.3) is 0 Å². The van der Waals surface area contributed by atoms with Crippen LogP contribution in [0.3, 0.4) is 0 Å². The van der Waals surface area contributed by atoms with Crippen LogP contribution < -0.4 is 10.6 Å². The summed E-state index contributed by atoms with van der Waals surface area (Å²) >= 11 is 0. The molecule has 0 radical (unpaired) electrons. The average molecular weight is 495 g/mol. The van der Waals surface area contributed by atoms with E-state index in [0.717, 1.165) is 51.9 Å². The molecule has 1 aliphatic heterocycles. The van der Waals surface area contributed by atoms with Crippen molar-refractivity contribution >= 4 is 29.9 Å². The Hall–Kier alpha value is -0.120. The van der Waals surface area contributed by atoms with Gasteiger partial charge in [0.2, 0.25) is 0 Å².